The standard InChI is InChI=1S/C14H26N2O2/c15-13-8-3-1-2-7-12(13)14(17)16-10-11-6-4-5-9-18-11/h11-13H,1-10,15H2,(H,16,17). The molecule has 3 atom stereocenters. The summed E-state index contributed by atoms with van der Waals surface area (Å²) in [5.41, 5.74) is 6.10. The van der Waals surface area contributed by atoms with Crippen LogP contribution in [-0.2, 0) is 9.53 Å². The lowest BCUT2D eigenvalue weighted by molar-refractivity contribution is -0.126. The van der Waals surface area contributed by atoms with Crippen LogP contribution < -0.4 is 11.1 Å². The summed E-state index contributed by atoms with van der Waals surface area (Å²) in [6.07, 6.45) is 9.07. The lowest BCUT2D eigenvalue weighted by Gasteiger charge is -2.25. The summed E-state index contributed by atoms with van der Waals surface area (Å²) in [4.78, 5) is 12.2. The predicted molar refractivity (Wildman–Crippen MR) is 71.2 cm³/mol. The van der Waals surface area contributed by atoms with E-state index >= 15 is 0 Å². The lowest BCUT2D eigenvalue weighted by atomic mass is 9.94. The molecule has 0 bridgehead atoms. The third-order valence-corrected chi connectivity index (χ3v) is 4.18. The van der Waals surface area contributed by atoms with Gasteiger partial charge in [0.1, 0.15) is 0 Å². The van der Waals surface area contributed by atoms with Crippen molar-refractivity contribution in [2.75, 3.05) is 13.2 Å². The molecule has 0 aromatic carbocycles. The third-order valence-electron chi connectivity index (χ3n) is 4.18. The second-order valence-corrected chi connectivity index (χ2v) is 5.64. The Morgan fingerprint density at radius 2 is 1.89 bits per heavy atom. The van der Waals surface area contributed by atoms with Crippen LogP contribution in [-0.4, -0.2) is 31.2 Å². The van der Waals surface area contributed by atoms with Gasteiger partial charge in [-0.3, -0.25) is 4.79 Å². The average molecular weight is 254 g/mol. The first-order valence-corrected chi connectivity index (χ1v) is 7.42. The van der Waals surface area contributed by atoms with E-state index in [-0.39, 0.29) is 24.0 Å². The minimum absolute atomic E-state index is 0.0103. The van der Waals surface area contributed by atoms with E-state index in [9.17, 15) is 4.79 Å². The van der Waals surface area contributed by atoms with Crippen molar-refractivity contribution in [3.05, 3.63) is 0 Å². The van der Waals surface area contributed by atoms with Gasteiger partial charge < -0.3 is 15.8 Å². The molecule has 0 radical (unpaired) electrons. The maximum atomic E-state index is 12.2. The van der Waals surface area contributed by atoms with Crippen molar-refractivity contribution in [2.45, 2.75) is 63.5 Å². The zero-order chi connectivity index (χ0) is 12.8. The molecule has 18 heavy (non-hydrogen) atoms. The molecule has 4 nitrogen and oxygen atoms in total. The van der Waals surface area contributed by atoms with Crippen LogP contribution in [0.3, 0.4) is 0 Å². The molecule has 0 aromatic heterocycles. The Hall–Kier alpha value is -0.610. The van der Waals surface area contributed by atoms with E-state index < -0.39 is 0 Å². The van der Waals surface area contributed by atoms with Gasteiger partial charge in [-0.2, -0.15) is 0 Å². The molecule has 104 valence electrons. The van der Waals surface area contributed by atoms with Crippen molar-refractivity contribution in [3.8, 4) is 0 Å². The molecular weight excluding hydrogens is 228 g/mol. The van der Waals surface area contributed by atoms with E-state index in [2.05, 4.69) is 5.32 Å². The van der Waals surface area contributed by atoms with E-state index in [1.165, 1.54) is 12.8 Å². The van der Waals surface area contributed by atoms with Crippen LogP contribution in [0.4, 0.5) is 0 Å². The first-order chi connectivity index (χ1) is 8.77. The fourth-order valence-electron chi connectivity index (χ4n) is 2.98. The summed E-state index contributed by atoms with van der Waals surface area (Å²) < 4.78 is 5.62. The number of nitrogens with two attached hydrogens (primary N) is 1. The maximum absolute atomic E-state index is 12.2. The van der Waals surface area contributed by atoms with Crippen molar-refractivity contribution in [1.82, 2.24) is 5.32 Å². The largest absolute Gasteiger partial charge is 0.376 e. The number of hydrogen-bond acceptors (Lipinski definition) is 3. The SMILES string of the molecule is NC1CCCCCC1C(=O)NCC1CCCCO1. The summed E-state index contributed by atoms with van der Waals surface area (Å²) in [7, 11) is 0. The van der Waals surface area contributed by atoms with Gasteiger partial charge in [0.2, 0.25) is 5.91 Å². The zero-order valence-corrected chi connectivity index (χ0v) is 11.2. The average Bonchev–Trinajstić information content (AvgIpc) is 2.62. The fraction of sp³-hybridized carbons (Fsp3) is 0.929. The number of nitrogens with one attached hydrogen (secondary N) is 1. The molecule has 2 fully saturated rings. The van der Waals surface area contributed by atoms with Crippen LogP contribution in [0, 0.1) is 5.92 Å². The second kappa shape index (κ2) is 7.10. The molecule has 3 N–H and O–H groups in total. The van der Waals surface area contributed by atoms with Crippen LogP contribution in [0.5, 0.6) is 0 Å². The summed E-state index contributed by atoms with van der Waals surface area (Å²) in [6, 6.07) is 0.0415. The van der Waals surface area contributed by atoms with E-state index in [1.54, 1.807) is 0 Å². The molecule has 2 aliphatic rings. The molecular formula is C14H26N2O2. The number of carbonyl (C=O) groups excluding carboxylic acids is 1. The third kappa shape index (κ3) is 3.95. The summed E-state index contributed by atoms with van der Waals surface area (Å²) in [5.74, 6) is 0.148. The zero-order valence-electron chi connectivity index (χ0n) is 11.2. The second-order valence-electron chi connectivity index (χ2n) is 5.64. The van der Waals surface area contributed by atoms with Crippen LogP contribution >= 0.6 is 0 Å². The minimum Gasteiger partial charge on any atom is -0.376 e. The molecule has 4 heteroatoms. The summed E-state index contributed by atoms with van der Waals surface area (Å²) in [5, 5.41) is 3.04. The molecule has 1 aliphatic heterocycles. The predicted octanol–water partition coefficient (Wildman–Crippen LogP) is 1.58. The number of ether oxygens (including phenoxy) is 1. The molecule has 0 aromatic rings. The van der Waals surface area contributed by atoms with Gasteiger partial charge >= 0.3 is 0 Å². The van der Waals surface area contributed by atoms with Crippen molar-refractivity contribution in [1.29, 1.82) is 0 Å². The molecule has 3 unspecified atom stereocenters. The Kier molecular flexibility index (Phi) is 5.45. The Balaban J connectivity index is 1.75. The van der Waals surface area contributed by atoms with Crippen molar-refractivity contribution in [2.24, 2.45) is 11.7 Å². The number of carbonyl (C=O) groups is 1. The first kappa shape index (κ1) is 13.8. The Morgan fingerprint density at radius 3 is 2.67 bits per heavy atom. The highest BCUT2D eigenvalue weighted by molar-refractivity contribution is 5.79. The van der Waals surface area contributed by atoms with Crippen LogP contribution in [0.1, 0.15) is 51.4 Å². The quantitative estimate of drug-likeness (QED) is 0.752. The van der Waals surface area contributed by atoms with Gasteiger partial charge in [0.05, 0.1) is 12.0 Å². The van der Waals surface area contributed by atoms with Gasteiger partial charge in [0, 0.05) is 19.2 Å². The highest BCUT2D eigenvalue weighted by Gasteiger charge is 2.27. The molecule has 1 aliphatic carbocycles. The van der Waals surface area contributed by atoms with Gasteiger partial charge in [-0.25, -0.2) is 0 Å². The van der Waals surface area contributed by atoms with E-state index in [0.717, 1.165) is 45.1 Å². The Bertz CT molecular complexity index is 265. The van der Waals surface area contributed by atoms with Gasteiger partial charge in [0.25, 0.3) is 0 Å². The van der Waals surface area contributed by atoms with Crippen molar-refractivity contribution in [3.63, 3.8) is 0 Å². The molecule has 2 rings (SSSR count). The smallest absolute Gasteiger partial charge is 0.224 e. The van der Waals surface area contributed by atoms with Crippen LogP contribution in [0.15, 0.2) is 0 Å². The molecule has 1 amide bonds. The van der Waals surface area contributed by atoms with Crippen LogP contribution in [0.25, 0.3) is 0 Å². The number of hydrogen-bond donors (Lipinski definition) is 2. The monoisotopic (exact) mass is 254 g/mol. The molecule has 0 spiro atoms. The van der Waals surface area contributed by atoms with Crippen molar-refractivity contribution >= 4 is 5.91 Å². The van der Waals surface area contributed by atoms with E-state index in [0.29, 0.717) is 6.54 Å². The first-order valence-electron chi connectivity index (χ1n) is 7.42. The lowest BCUT2D eigenvalue weighted by Crippen LogP contribution is -2.44. The van der Waals surface area contributed by atoms with E-state index in [1.807, 2.05) is 0 Å². The number of rotatable bonds is 3. The van der Waals surface area contributed by atoms with Crippen molar-refractivity contribution < 1.29 is 9.53 Å². The van der Waals surface area contributed by atoms with Gasteiger partial charge in [0.15, 0.2) is 0 Å². The van der Waals surface area contributed by atoms with E-state index in [4.69, 9.17) is 10.5 Å². The number of amides is 1. The van der Waals surface area contributed by atoms with Gasteiger partial charge in [-0.1, -0.05) is 19.3 Å². The minimum atomic E-state index is 0.0103. The Morgan fingerprint density at radius 1 is 1.11 bits per heavy atom. The molecule has 1 heterocycles. The van der Waals surface area contributed by atoms with Gasteiger partial charge in [-0.05, 0) is 32.1 Å². The fourth-order valence-corrected chi connectivity index (χ4v) is 2.98. The highest BCUT2D eigenvalue weighted by Crippen LogP contribution is 2.22. The normalized spacial score (nSPS) is 33.7. The molecule has 1 saturated carbocycles. The summed E-state index contributed by atoms with van der Waals surface area (Å²) >= 11 is 0. The Labute approximate surface area is 110 Å². The molecule has 1 saturated heterocycles. The topological polar surface area (TPSA) is 64.4 Å². The summed E-state index contributed by atoms with van der Waals surface area (Å²) in [6.45, 7) is 1.49. The van der Waals surface area contributed by atoms with Gasteiger partial charge in [-0.15, -0.1) is 0 Å². The highest BCUT2D eigenvalue weighted by atomic mass is 16.5. The maximum Gasteiger partial charge on any atom is 0.224 e. The van der Waals surface area contributed by atoms with Crippen LogP contribution in [0.2, 0.25) is 0 Å².